The SMILES string of the molecule is O=C(NC1CCC(O)CC1)c1ccc(Cl)c(Cl)c1. The van der Waals surface area contributed by atoms with E-state index >= 15 is 0 Å². The van der Waals surface area contributed by atoms with Crippen LogP contribution in [-0.2, 0) is 0 Å². The number of aliphatic hydroxyl groups excluding tert-OH is 1. The van der Waals surface area contributed by atoms with E-state index < -0.39 is 0 Å². The van der Waals surface area contributed by atoms with Crippen LogP contribution >= 0.6 is 23.2 Å². The Morgan fingerprint density at radius 1 is 1.17 bits per heavy atom. The first-order chi connectivity index (χ1) is 8.56. The van der Waals surface area contributed by atoms with Gasteiger partial charge in [-0.1, -0.05) is 23.2 Å². The van der Waals surface area contributed by atoms with Crippen molar-refractivity contribution < 1.29 is 9.90 Å². The van der Waals surface area contributed by atoms with Gasteiger partial charge in [-0.3, -0.25) is 4.79 Å². The van der Waals surface area contributed by atoms with Gasteiger partial charge in [-0.05, 0) is 43.9 Å². The van der Waals surface area contributed by atoms with E-state index in [1.807, 2.05) is 0 Å². The Balaban J connectivity index is 1.97. The van der Waals surface area contributed by atoms with Crippen molar-refractivity contribution in [1.82, 2.24) is 5.32 Å². The van der Waals surface area contributed by atoms with Crippen LogP contribution in [0.2, 0.25) is 10.0 Å². The van der Waals surface area contributed by atoms with Gasteiger partial charge < -0.3 is 10.4 Å². The van der Waals surface area contributed by atoms with Gasteiger partial charge in [-0.2, -0.15) is 0 Å². The van der Waals surface area contributed by atoms with Crippen molar-refractivity contribution in [2.24, 2.45) is 0 Å². The van der Waals surface area contributed by atoms with Crippen molar-refractivity contribution in [3.63, 3.8) is 0 Å². The summed E-state index contributed by atoms with van der Waals surface area (Å²) in [6.07, 6.45) is 2.89. The maximum Gasteiger partial charge on any atom is 0.251 e. The summed E-state index contributed by atoms with van der Waals surface area (Å²) >= 11 is 11.7. The van der Waals surface area contributed by atoms with E-state index in [-0.39, 0.29) is 18.1 Å². The van der Waals surface area contributed by atoms with Gasteiger partial charge in [-0.15, -0.1) is 0 Å². The van der Waals surface area contributed by atoms with Crippen LogP contribution in [0.15, 0.2) is 18.2 Å². The normalized spacial score (nSPS) is 23.7. The smallest absolute Gasteiger partial charge is 0.251 e. The fraction of sp³-hybridized carbons (Fsp3) is 0.462. The van der Waals surface area contributed by atoms with E-state index in [0.29, 0.717) is 15.6 Å². The van der Waals surface area contributed by atoms with Crippen LogP contribution in [0.4, 0.5) is 0 Å². The summed E-state index contributed by atoms with van der Waals surface area (Å²) in [6, 6.07) is 4.97. The summed E-state index contributed by atoms with van der Waals surface area (Å²) in [5.74, 6) is -0.144. The summed E-state index contributed by atoms with van der Waals surface area (Å²) < 4.78 is 0. The third kappa shape index (κ3) is 3.37. The highest BCUT2D eigenvalue weighted by Crippen LogP contribution is 2.23. The van der Waals surface area contributed by atoms with E-state index in [1.54, 1.807) is 18.2 Å². The first-order valence-electron chi connectivity index (χ1n) is 6.00. The average Bonchev–Trinajstić information content (AvgIpc) is 2.35. The number of hydrogen-bond donors (Lipinski definition) is 2. The molecule has 2 N–H and O–H groups in total. The second-order valence-electron chi connectivity index (χ2n) is 4.61. The third-order valence-corrected chi connectivity index (χ3v) is 3.95. The number of nitrogens with one attached hydrogen (secondary N) is 1. The molecule has 0 spiro atoms. The summed E-state index contributed by atoms with van der Waals surface area (Å²) in [6.45, 7) is 0. The third-order valence-electron chi connectivity index (χ3n) is 3.21. The van der Waals surface area contributed by atoms with Gasteiger partial charge in [0, 0.05) is 11.6 Å². The predicted octanol–water partition coefficient (Wildman–Crippen LogP) is 3.03. The highest BCUT2D eigenvalue weighted by Gasteiger charge is 2.21. The molecule has 98 valence electrons. The zero-order valence-electron chi connectivity index (χ0n) is 9.83. The van der Waals surface area contributed by atoms with Gasteiger partial charge >= 0.3 is 0 Å². The minimum Gasteiger partial charge on any atom is -0.393 e. The second-order valence-corrected chi connectivity index (χ2v) is 5.42. The number of rotatable bonds is 2. The first-order valence-corrected chi connectivity index (χ1v) is 6.76. The molecule has 0 aliphatic heterocycles. The molecular weight excluding hydrogens is 273 g/mol. The molecule has 2 rings (SSSR count). The molecule has 0 aromatic heterocycles. The standard InChI is InChI=1S/C13H15Cl2NO2/c14-11-6-1-8(7-12(11)15)13(18)16-9-2-4-10(17)5-3-9/h1,6-7,9-10,17H,2-5H2,(H,16,18). The highest BCUT2D eigenvalue weighted by atomic mass is 35.5. The van der Waals surface area contributed by atoms with Crippen LogP contribution in [0.5, 0.6) is 0 Å². The van der Waals surface area contributed by atoms with Gasteiger partial charge in [0.25, 0.3) is 5.91 Å². The van der Waals surface area contributed by atoms with E-state index in [9.17, 15) is 9.90 Å². The largest absolute Gasteiger partial charge is 0.393 e. The number of aliphatic hydroxyl groups is 1. The number of hydrogen-bond acceptors (Lipinski definition) is 2. The van der Waals surface area contributed by atoms with Crippen molar-refractivity contribution in [3.05, 3.63) is 33.8 Å². The number of halogens is 2. The van der Waals surface area contributed by atoms with Crippen molar-refractivity contribution in [2.45, 2.75) is 37.8 Å². The van der Waals surface area contributed by atoms with Crippen molar-refractivity contribution in [2.75, 3.05) is 0 Å². The Labute approximate surface area is 116 Å². The fourth-order valence-electron chi connectivity index (χ4n) is 2.13. The van der Waals surface area contributed by atoms with Crippen LogP contribution in [0.25, 0.3) is 0 Å². The number of carbonyl (C=O) groups excluding carboxylic acids is 1. The lowest BCUT2D eigenvalue weighted by atomic mass is 9.93. The molecule has 1 aromatic rings. The van der Waals surface area contributed by atoms with Gasteiger partial charge in [0.15, 0.2) is 0 Å². The van der Waals surface area contributed by atoms with Crippen LogP contribution in [0, 0.1) is 0 Å². The molecule has 0 atom stereocenters. The van der Waals surface area contributed by atoms with Gasteiger partial charge in [0.05, 0.1) is 16.1 Å². The highest BCUT2D eigenvalue weighted by molar-refractivity contribution is 6.42. The lowest BCUT2D eigenvalue weighted by Gasteiger charge is -2.26. The quantitative estimate of drug-likeness (QED) is 0.878. The zero-order valence-corrected chi connectivity index (χ0v) is 11.3. The number of carbonyl (C=O) groups is 1. The Hall–Kier alpha value is -0.770. The molecule has 3 nitrogen and oxygen atoms in total. The molecule has 0 heterocycles. The molecule has 1 aliphatic carbocycles. The predicted molar refractivity (Wildman–Crippen MR) is 72.2 cm³/mol. The summed E-state index contributed by atoms with van der Waals surface area (Å²) in [4.78, 5) is 12.0. The molecule has 18 heavy (non-hydrogen) atoms. The van der Waals surface area contributed by atoms with Gasteiger partial charge in [0.2, 0.25) is 0 Å². The Kier molecular flexibility index (Phi) is 4.49. The minimum atomic E-state index is -0.219. The van der Waals surface area contributed by atoms with E-state index in [0.717, 1.165) is 25.7 Å². The van der Waals surface area contributed by atoms with Crippen LogP contribution < -0.4 is 5.32 Å². The van der Waals surface area contributed by atoms with Crippen LogP contribution in [0.1, 0.15) is 36.0 Å². The zero-order chi connectivity index (χ0) is 13.1. The second kappa shape index (κ2) is 5.91. The first kappa shape index (κ1) is 13.7. The Morgan fingerprint density at radius 2 is 1.83 bits per heavy atom. The average molecular weight is 288 g/mol. The molecule has 1 amide bonds. The molecule has 1 fully saturated rings. The summed E-state index contributed by atoms with van der Waals surface area (Å²) in [5, 5.41) is 13.2. The Morgan fingerprint density at radius 3 is 2.44 bits per heavy atom. The monoisotopic (exact) mass is 287 g/mol. The molecule has 0 radical (unpaired) electrons. The molecule has 1 saturated carbocycles. The molecule has 0 bridgehead atoms. The summed E-state index contributed by atoms with van der Waals surface area (Å²) in [5.41, 5.74) is 0.510. The summed E-state index contributed by atoms with van der Waals surface area (Å²) in [7, 11) is 0. The number of amides is 1. The molecule has 0 saturated heterocycles. The molecule has 1 aromatic carbocycles. The van der Waals surface area contributed by atoms with Crippen molar-refractivity contribution in [1.29, 1.82) is 0 Å². The fourth-order valence-corrected chi connectivity index (χ4v) is 2.42. The molecule has 0 unspecified atom stereocenters. The Bertz CT molecular complexity index is 443. The van der Waals surface area contributed by atoms with E-state index in [1.165, 1.54) is 0 Å². The molecular formula is C13H15Cl2NO2. The maximum atomic E-state index is 12.0. The van der Waals surface area contributed by atoms with Crippen molar-refractivity contribution >= 4 is 29.1 Å². The lowest BCUT2D eigenvalue weighted by Crippen LogP contribution is -2.38. The van der Waals surface area contributed by atoms with Gasteiger partial charge in [-0.25, -0.2) is 0 Å². The van der Waals surface area contributed by atoms with Crippen molar-refractivity contribution in [3.8, 4) is 0 Å². The van der Waals surface area contributed by atoms with Gasteiger partial charge in [0.1, 0.15) is 0 Å². The minimum absolute atomic E-state index is 0.135. The maximum absolute atomic E-state index is 12.0. The number of benzene rings is 1. The topological polar surface area (TPSA) is 49.3 Å². The molecule has 1 aliphatic rings. The van der Waals surface area contributed by atoms with E-state index in [4.69, 9.17) is 23.2 Å². The van der Waals surface area contributed by atoms with E-state index in [2.05, 4.69) is 5.32 Å². The van der Waals surface area contributed by atoms with Crippen LogP contribution in [-0.4, -0.2) is 23.2 Å². The lowest BCUT2D eigenvalue weighted by molar-refractivity contribution is 0.0867. The molecule has 5 heteroatoms. The van der Waals surface area contributed by atoms with Crippen LogP contribution in [0.3, 0.4) is 0 Å².